The van der Waals surface area contributed by atoms with Crippen LogP contribution >= 0.6 is 22.6 Å². The second-order valence-electron chi connectivity index (χ2n) is 6.40. The van der Waals surface area contributed by atoms with Crippen LogP contribution in [0.2, 0.25) is 0 Å². The van der Waals surface area contributed by atoms with Gasteiger partial charge in [0.25, 0.3) is 0 Å². The van der Waals surface area contributed by atoms with Gasteiger partial charge in [-0.1, -0.05) is 12.1 Å². The number of nitrogens with one attached hydrogen (secondary N) is 1. The van der Waals surface area contributed by atoms with Gasteiger partial charge in [-0.3, -0.25) is 0 Å². The van der Waals surface area contributed by atoms with E-state index in [1.807, 2.05) is 20.8 Å². The standard InChI is InChI=1S/C16H19IN2O2/c1-16(2,3)21-15(20)19-8-7-13-11(9-19)10-5-4-6-12(17)14(10)18-13/h4-6,18H,7-9H2,1-3H3. The molecular weight excluding hydrogens is 379 g/mol. The molecule has 1 aliphatic heterocycles. The van der Waals surface area contributed by atoms with Crippen LogP contribution < -0.4 is 0 Å². The van der Waals surface area contributed by atoms with Crippen molar-refractivity contribution >= 4 is 39.6 Å². The molecule has 5 heteroatoms. The molecule has 0 unspecified atom stereocenters. The zero-order valence-electron chi connectivity index (χ0n) is 12.5. The van der Waals surface area contributed by atoms with Crippen molar-refractivity contribution in [2.75, 3.05) is 6.54 Å². The largest absolute Gasteiger partial charge is 0.444 e. The van der Waals surface area contributed by atoms with Gasteiger partial charge in [-0.15, -0.1) is 0 Å². The quantitative estimate of drug-likeness (QED) is 0.681. The fourth-order valence-electron chi connectivity index (χ4n) is 2.68. The monoisotopic (exact) mass is 398 g/mol. The summed E-state index contributed by atoms with van der Waals surface area (Å²) in [6.07, 6.45) is 0.618. The number of rotatable bonds is 0. The van der Waals surface area contributed by atoms with Crippen LogP contribution in [0, 0.1) is 3.57 Å². The summed E-state index contributed by atoms with van der Waals surface area (Å²) in [7, 11) is 0. The van der Waals surface area contributed by atoms with Crippen molar-refractivity contribution in [2.45, 2.75) is 39.3 Å². The van der Waals surface area contributed by atoms with Crippen LogP contribution in [-0.4, -0.2) is 28.1 Å². The van der Waals surface area contributed by atoms with Gasteiger partial charge in [-0.2, -0.15) is 0 Å². The summed E-state index contributed by atoms with van der Waals surface area (Å²) in [5.74, 6) is 0. The number of hydrogen-bond acceptors (Lipinski definition) is 2. The normalized spacial score (nSPS) is 15.1. The molecule has 112 valence electrons. The Hall–Kier alpha value is -1.24. The summed E-state index contributed by atoms with van der Waals surface area (Å²) in [4.78, 5) is 17.5. The van der Waals surface area contributed by atoms with E-state index < -0.39 is 5.60 Å². The van der Waals surface area contributed by atoms with E-state index in [1.54, 1.807) is 4.90 Å². The van der Waals surface area contributed by atoms with Crippen molar-refractivity contribution < 1.29 is 9.53 Å². The minimum Gasteiger partial charge on any atom is -0.444 e. The van der Waals surface area contributed by atoms with E-state index in [4.69, 9.17) is 4.74 Å². The third kappa shape index (κ3) is 2.88. The number of hydrogen-bond donors (Lipinski definition) is 1. The highest BCUT2D eigenvalue weighted by Gasteiger charge is 2.27. The van der Waals surface area contributed by atoms with Crippen LogP contribution in [-0.2, 0) is 17.7 Å². The first-order valence-electron chi connectivity index (χ1n) is 7.11. The number of ether oxygens (including phenoxy) is 1. The first kappa shape index (κ1) is 14.7. The van der Waals surface area contributed by atoms with Crippen molar-refractivity contribution in [3.8, 4) is 0 Å². The molecule has 0 atom stereocenters. The van der Waals surface area contributed by atoms with E-state index in [0.717, 1.165) is 6.42 Å². The van der Waals surface area contributed by atoms with Crippen LogP contribution in [0.5, 0.6) is 0 Å². The second-order valence-corrected chi connectivity index (χ2v) is 7.56. The number of nitrogens with zero attached hydrogens (tertiary/aromatic N) is 1. The number of benzene rings is 1. The minimum absolute atomic E-state index is 0.229. The lowest BCUT2D eigenvalue weighted by atomic mass is 10.1. The maximum Gasteiger partial charge on any atom is 0.410 e. The average Bonchev–Trinajstić information content (AvgIpc) is 2.76. The lowest BCUT2D eigenvalue weighted by Gasteiger charge is -2.30. The zero-order chi connectivity index (χ0) is 15.2. The molecule has 0 bridgehead atoms. The van der Waals surface area contributed by atoms with E-state index in [9.17, 15) is 4.79 Å². The van der Waals surface area contributed by atoms with Gasteiger partial charge in [0.15, 0.2) is 0 Å². The SMILES string of the molecule is CC(C)(C)OC(=O)N1CCc2[nH]c3c(I)cccc3c2C1. The van der Waals surface area contributed by atoms with Crippen molar-refractivity contribution in [3.05, 3.63) is 33.0 Å². The molecule has 0 aliphatic carbocycles. The van der Waals surface area contributed by atoms with Crippen molar-refractivity contribution in [1.29, 1.82) is 0 Å². The lowest BCUT2D eigenvalue weighted by molar-refractivity contribution is 0.0224. The maximum atomic E-state index is 12.2. The number of carbonyl (C=O) groups is 1. The van der Waals surface area contributed by atoms with E-state index in [0.29, 0.717) is 13.1 Å². The van der Waals surface area contributed by atoms with Gasteiger partial charge in [0.1, 0.15) is 5.60 Å². The Morgan fingerprint density at radius 1 is 1.38 bits per heavy atom. The summed E-state index contributed by atoms with van der Waals surface area (Å²) in [6, 6.07) is 6.27. The molecule has 1 aromatic heterocycles. The smallest absolute Gasteiger partial charge is 0.410 e. The molecule has 1 aromatic carbocycles. The highest BCUT2D eigenvalue weighted by molar-refractivity contribution is 14.1. The Morgan fingerprint density at radius 2 is 2.14 bits per heavy atom. The predicted molar refractivity (Wildman–Crippen MR) is 91.4 cm³/mol. The molecule has 0 radical (unpaired) electrons. The molecule has 1 N–H and O–H groups in total. The maximum absolute atomic E-state index is 12.2. The fourth-order valence-corrected chi connectivity index (χ4v) is 3.32. The van der Waals surface area contributed by atoms with E-state index in [1.165, 1.54) is 25.7 Å². The van der Waals surface area contributed by atoms with Gasteiger partial charge in [-0.05, 0) is 49.4 Å². The molecule has 2 aromatic rings. The Kier molecular flexibility index (Phi) is 3.63. The Labute approximate surface area is 138 Å². The van der Waals surface area contributed by atoms with Gasteiger partial charge in [0, 0.05) is 33.2 Å². The number of fused-ring (bicyclic) bond motifs is 3. The van der Waals surface area contributed by atoms with Gasteiger partial charge in [0.05, 0.1) is 12.1 Å². The predicted octanol–water partition coefficient (Wildman–Crippen LogP) is 4.07. The number of amides is 1. The topological polar surface area (TPSA) is 45.3 Å². The molecular formula is C16H19IN2O2. The summed E-state index contributed by atoms with van der Waals surface area (Å²) in [5.41, 5.74) is 3.19. The first-order chi connectivity index (χ1) is 9.85. The van der Waals surface area contributed by atoms with Gasteiger partial charge < -0.3 is 14.6 Å². The minimum atomic E-state index is -0.451. The Bertz CT molecular complexity index is 700. The summed E-state index contributed by atoms with van der Waals surface area (Å²) in [6.45, 7) is 7.01. The molecule has 0 saturated heterocycles. The zero-order valence-corrected chi connectivity index (χ0v) is 14.7. The number of aromatic nitrogens is 1. The number of H-pyrrole nitrogens is 1. The molecule has 4 nitrogen and oxygen atoms in total. The van der Waals surface area contributed by atoms with Gasteiger partial charge in [-0.25, -0.2) is 4.79 Å². The molecule has 3 rings (SSSR count). The fraction of sp³-hybridized carbons (Fsp3) is 0.438. The highest BCUT2D eigenvalue weighted by atomic mass is 127. The molecule has 21 heavy (non-hydrogen) atoms. The highest BCUT2D eigenvalue weighted by Crippen LogP contribution is 2.30. The summed E-state index contributed by atoms with van der Waals surface area (Å²) < 4.78 is 6.69. The van der Waals surface area contributed by atoms with Crippen LogP contribution in [0.15, 0.2) is 18.2 Å². The van der Waals surface area contributed by atoms with Crippen molar-refractivity contribution in [3.63, 3.8) is 0 Å². The molecule has 0 saturated carbocycles. The molecule has 0 fully saturated rings. The number of halogens is 1. The van der Waals surface area contributed by atoms with Gasteiger partial charge >= 0.3 is 6.09 Å². The first-order valence-corrected chi connectivity index (χ1v) is 8.19. The Morgan fingerprint density at radius 3 is 2.86 bits per heavy atom. The average molecular weight is 398 g/mol. The number of aromatic amines is 1. The molecule has 1 aliphatic rings. The van der Waals surface area contributed by atoms with E-state index in [2.05, 4.69) is 45.8 Å². The van der Waals surface area contributed by atoms with Gasteiger partial charge in [0.2, 0.25) is 0 Å². The molecule has 0 spiro atoms. The van der Waals surface area contributed by atoms with Crippen molar-refractivity contribution in [1.82, 2.24) is 9.88 Å². The number of para-hydroxylation sites is 1. The second kappa shape index (κ2) is 5.19. The third-order valence-electron chi connectivity index (χ3n) is 3.61. The van der Waals surface area contributed by atoms with E-state index in [-0.39, 0.29) is 6.09 Å². The summed E-state index contributed by atoms with van der Waals surface area (Å²) in [5, 5.41) is 1.21. The Balaban J connectivity index is 1.90. The van der Waals surface area contributed by atoms with Crippen LogP contribution in [0.25, 0.3) is 10.9 Å². The lowest BCUT2D eigenvalue weighted by Crippen LogP contribution is -2.39. The number of carbonyl (C=O) groups excluding carboxylic acids is 1. The third-order valence-corrected chi connectivity index (χ3v) is 4.51. The van der Waals surface area contributed by atoms with Crippen LogP contribution in [0.1, 0.15) is 32.0 Å². The summed E-state index contributed by atoms with van der Waals surface area (Å²) >= 11 is 2.34. The van der Waals surface area contributed by atoms with Crippen LogP contribution in [0.3, 0.4) is 0 Å². The molecule has 1 amide bonds. The van der Waals surface area contributed by atoms with Crippen LogP contribution in [0.4, 0.5) is 4.79 Å². The molecule has 2 heterocycles. The van der Waals surface area contributed by atoms with Crippen molar-refractivity contribution in [2.24, 2.45) is 0 Å². The van der Waals surface area contributed by atoms with E-state index >= 15 is 0 Å².